The van der Waals surface area contributed by atoms with Crippen LogP contribution in [0.2, 0.25) is 0 Å². The van der Waals surface area contributed by atoms with Gasteiger partial charge in [-0.2, -0.15) is 0 Å². The molecule has 0 aliphatic heterocycles. The fourth-order valence-corrected chi connectivity index (χ4v) is 1.30. The first-order valence-corrected chi connectivity index (χ1v) is 6.40. The van der Waals surface area contributed by atoms with Crippen LogP contribution < -0.4 is 11.2 Å². The van der Waals surface area contributed by atoms with Gasteiger partial charge in [-0.25, -0.2) is 5.48 Å². The molecule has 0 heterocycles. The van der Waals surface area contributed by atoms with E-state index in [0.717, 1.165) is 12.1 Å². The molecule has 0 unspecified atom stereocenters. The summed E-state index contributed by atoms with van der Waals surface area (Å²) in [6.45, 7) is 3.47. The average molecular weight is 252 g/mol. The van der Waals surface area contributed by atoms with Crippen LogP contribution in [0.3, 0.4) is 0 Å². The predicted molar refractivity (Wildman–Crippen MR) is 73.6 cm³/mol. The highest BCUT2D eigenvalue weighted by molar-refractivity contribution is 5.43. The molecule has 1 aromatic carbocycles. The lowest BCUT2D eigenvalue weighted by atomic mass is 10.2. The molecule has 0 aliphatic rings. The number of rotatable bonds is 8. The van der Waals surface area contributed by atoms with E-state index >= 15 is 0 Å². The van der Waals surface area contributed by atoms with Gasteiger partial charge in [-0.3, -0.25) is 9.63 Å². The molecule has 102 valence electrons. The number of unbranched alkanes of at least 4 members (excludes halogenated alkanes) is 3. The fourth-order valence-electron chi connectivity index (χ4n) is 1.30. The van der Waals surface area contributed by atoms with Crippen molar-refractivity contribution in [3.05, 3.63) is 35.9 Å². The number of carbonyl (C=O) groups is 1. The van der Waals surface area contributed by atoms with Crippen LogP contribution in [-0.2, 0) is 16.2 Å². The fraction of sp³-hybridized carbons (Fsp3) is 0.500. The van der Waals surface area contributed by atoms with E-state index in [1.807, 2.05) is 30.3 Å². The zero-order chi connectivity index (χ0) is 13.5. The summed E-state index contributed by atoms with van der Waals surface area (Å²) in [7, 11) is 0. The Balaban J connectivity index is 0.000000360. The number of carbonyl (C=O) groups excluding carboxylic acids is 1. The van der Waals surface area contributed by atoms with E-state index in [9.17, 15) is 4.79 Å². The number of nitrogens with one attached hydrogen (secondary N) is 1. The van der Waals surface area contributed by atoms with Crippen LogP contribution in [-0.4, -0.2) is 13.0 Å². The van der Waals surface area contributed by atoms with Crippen LogP contribution in [0, 0.1) is 0 Å². The Morgan fingerprint density at radius 1 is 1.22 bits per heavy atom. The molecule has 0 saturated heterocycles. The summed E-state index contributed by atoms with van der Waals surface area (Å²) in [5.74, 6) is 0. The first-order chi connectivity index (χ1) is 8.85. The maximum absolute atomic E-state index is 9.76. The van der Waals surface area contributed by atoms with Crippen LogP contribution in [0.1, 0.15) is 38.2 Å². The van der Waals surface area contributed by atoms with Crippen molar-refractivity contribution in [1.29, 1.82) is 0 Å². The maximum atomic E-state index is 9.76. The molecule has 1 aromatic rings. The summed E-state index contributed by atoms with van der Waals surface area (Å²) < 4.78 is 0. The number of benzene rings is 1. The van der Waals surface area contributed by atoms with Crippen molar-refractivity contribution in [2.24, 2.45) is 5.73 Å². The monoisotopic (exact) mass is 252 g/mol. The second-order valence-corrected chi connectivity index (χ2v) is 3.86. The third-order valence-corrected chi connectivity index (χ3v) is 2.27. The molecule has 0 spiro atoms. The van der Waals surface area contributed by atoms with E-state index in [1.165, 1.54) is 25.7 Å². The molecule has 0 bridgehead atoms. The van der Waals surface area contributed by atoms with Crippen molar-refractivity contribution in [3.8, 4) is 0 Å². The number of hydrogen-bond acceptors (Lipinski definition) is 3. The van der Waals surface area contributed by atoms with Crippen molar-refractivity contribution >= 4 is 6.41 Å². The van der Waals surface area contributed by atoms with Gasteiger partial charge in [0.2, 0.25) is 6.41 Å². The molecule has 4 heteroatoms. The second kappa shape index (κ2) is 13.7. The molecule has 0 aromatic heterocycles. The molecule has 1 amide bonds. The summed E-state index contributed by atoms with van der Waals surface area (Å²) in [6.07, 6.45) is 5.67. The highest BCUT2D eigenvalue weighted by Gasteiger charge is 1.88. The quantitative estimate of drug-likeness (QED) is 0.424. The van der Waals surface area contributed by atoms with Crippen molar-refractivity contribution in [1.82, 2.24) is 5.48 Å². The van der Waals surface area contributed by atoms with Crippen molar-refractivity contribution in [2.75, 3.05) is 6.54 Å². The minimum absolute atomic E-state index is 0.402. The van der Waals surface area contributed by atoms with Gasteiger partial charge in [-0.1, -0.05) is 56.5 Å². The highest BCUT2D eigenvalue weighted by atomic mass is 16.6. The van der Waals surface area contributed by atoms with Gasteiger partial charge in [-0.05, 0) is 18.5 Å². The first kappa shape index (κ1) is 16.6. The Morgan fingerprint density at radius 3 is 2.50 bits per heavy atom. The lowest BCUT2D eigenvalue weighted by Crippen LogP contribution is -2.10. The van der Waals surface area contributed by atoms with E-state index < -0.39 is 0 Å². The minimum Gasteiger partial charge on any atom is -0.330 e. The van der Waals surface area contributed by atoms with Gasteiger partial charge in [0.05, 0.1) is 6.61 Å². The van der Waals surface area contributed by atoms with Crippen LogP contribution in [0.4, 0.5) is 0 Å². The number of hydroxylamine groups is 1. The molecule has 4 nitrogen and oxygen atoms in total. The van der Waals surface area contributed by atoms with Crippen LogP contribution >= 0.6 is 0 Å². The van der Waals surface area contributed by atoms with Gasteiger partial charge in [0, 0.05) is 0 Å². The standard InChI is InChI=1S/C8H9NO2.C6H15N/c10-7-9-11-6-8-4-2-1-3-5-8;1-2-3-4-5-6-7/h1-5,7H,6H2,(H,9,10);2-7H2,1H3. The third-order valence-electron chi connectivity index (χ3n) is 2.27. The summed E-state index contributed by atoms with van der Waals surface area (Å²) in [4.78, 5) is 14.5. The molecule has 0 fully saturated rings. The Bertz CT molecular complexity index is 274. The van der Waals surface area contributed by atoms with E-state index in [0.29, 0.717) is 13.0 Å². The molecule has 1 rings (SSSR count). The Morgan fingerprint density at radius 2 is 1.94 bits per heavy atom. The average Bonchev–Trinajstić information content (AvgIpc) is 2.42. The zero-order valence-corrected chi connectivity index (χ0v) is 11.1. The summed E-state index contributed by atoms with van der Waals surface area (Å²) in [5, 5.41) is 0. The SMILES string of the molecule is CCCCCCN.O=CNOCc1ccccc1. The largest absolute Gasteiger partial charge is 0.330 e. The zero-order valence-electron chi connectivity index (χ0n) is 11.1. The van der Waals surface area contributed by atoms with Gasteiger partial charge in [0.25, 0.3) is 0 Å². The first-order valence-electron chi connectivity index (χ1n) is 6.40. The van der Waals surface area contributed by atoms with Gasteiger partial charge >= 0.3 is 0 Å². The summed E-state index contributed by atoms with van der Waals surface area (Å²) in [5.41, 5.74) is 8.41. The third kappa shape index (κ3) is 11.1. The van der Waals surface area contributed by atoms with Gasteiger partial charge in [-0.15, -0.1) is 0 Å². The van der Waals surface area contributed by atoms with Gasteiger partial charge < -0.3 is 5.73 Å². The van der Waals surface area contributed by atoms with Crippen molar-refractivity contribution in [2.45, 2.75) is 39.2 Å². The van der Waals surface area contributed by atoms with Gasteiger partial charge in [0.15, 0.2) is 0 Å². The molecule has 18 heavy (non-hydrogen) atoms. The molecular formula is C14H24N2O2. The Kier molecular flexibility index (Phi) is 12.6. The molecule has 0 aliphatic carbocycles. The topological polar surface area (TPSA) is 64.4 Å². The van der Waals surface area contributed by atoms with Gasteiger partial charge in [0.1, 0.15) is 0 Å². The molecule has 0 radical (unpaired) electrons. The van der Waals surface area contributed by atoms with Crippen LogP contribution in [0.25, 0.3) is 0 Å². The Hall–Kier alpha value is -1.39. The smallest absolute Gasteiger partial charge is 0.230 e. The van der Waals surface area contributed by atoms with E-state index in [-0.39, 0.29) is 0 Å². The highest BCUT2D eigenvalue weighted by Crippen LogP contribution is 1.98. The Labute approximate surface area is 109 Å². The number of amides is 1. The van der Waals surface area contributed by atoms with Crippen LogP contribution in [0.15, 0.2) is 30.3 Å². The van der Waals surface area contributed by atoms with E-state index in [4.69, 9.17) is 10.6 Å². The second-order valence-electron chi connectivity index (χ2n) is 3.86. The maximum Gasteiger partial charge on any atom is 0.230 e. The number of hydrogen-bond donors (Lipinski definition) is 2. The van der Waals surface area contributed by atoms with Crippen molar-refractivity contribution < 1.29 is 9.63 Å². The summed E-state index contributed by atoms with van der Waals surface area (Å²) >= 11 is 0. The molecule has 0 atom stereocenters. The molecular weight excluding hydrogens is 228 g/mol. The molecule has 0 saturated carbocycles. The lowest BCUT2D eigenvalue weighted by molar-refractivity contribution is -0.121. The lowest BCUT2D eigenvalue weighted by Gasteiger charge is -1.99. The van der Waals surface area contributed by atoms with Crippen molar-refractivity contribution in [3.63, 3.8) is 0 Å². The van der Waals surface area contributed by atoms with Crippen LogP contribution in [0.5, 0.6) is 0 Å². The predicted octanol–water partition coefficient (Wildman–Crippen LogP) is 2.39. The molecule has 3 N–H and O–H groups in total. The normalized spacial score (nSPS) is 9.22. The van der Waals surface area contributed by atoms with E-state index in [2.05, 4.69) is 12.4 Å². The van der Waals surface area contributed by atoms with E-state index in [1.54, 1.807) is 0 Å². The minimum atomic E-state index is 0.402. The summed E-state index contributed by atoms with van der Waals surface area (Å²) in [6, 6.07) is 9.61. The number of nitrogens with two attached hydrogens (primary N) is 1.